The number of methoxy groups -OCH3 is 1. The van der Waals surface area contributed by atoms with E-state index in [2.05, 4.69) is 29.0 Å². The van der Waals surface area contributed by atoms with Gasteiger partial charge in [0, 0.05) is 24.3 Å². The number of thioether (sulfide) groups is 1. The van der Waals surface area contributed by atoms with E-state index in [4.69, 9.17) is 9.15 Å². The molecule has 0 spiro atoms. The number of ether oxygens (including phenoxy) is 1. The van der Waals surface area contributed by atoms with Gasteiger partial charge < -0.3 is 14.1 Å². The summed E-state index contributed by atoms with van der Waals surface area (Å²) >= 11 is 1.45. The molecule has 0 atom stereocenters. The van der Waals surface area contributed by atoms with Gasteiger partial charge in [-0.3, -0.25) is 9.36 Å². The topological polar surface area (TPSA) is 86.3 Å². The Morgan fingerprint density at radius 2 is 1.83 bits per heavy atom. The fraction of sp³-hybridized carbons (Fsp3) is 0.308. The highest BCUT2D eigenvalue weighted by atomic mass is 32.2. The first kappa shape index (κ1) is 24.5. The molecule has 0 fully saturated rings. The highest BCUT2D eigenvalue weighted by molar-refractivity contribution is 7.98. The second kappa shape index (κ2) is 11.7. The van der Waals surface area contributed by atoms with Gasteiger partial charge in [0.05, 0.1) is 12.9 Å². The molecule has 4 aromatic rings. The summed E-state index contributed by atoms with van der Waals surface area (Å²) in [6, 6.07) is 17.7. The molecule has 0 saturated carbocycles. The third-order valence-electron chi connectivity index (χ3n) is 5.35. The molecule has 0 aliphatic carbocycles. The number of rotatable bonds is 11. The van der Waals surface area contributed by atoms with Gasteiger partial charge in [0.15, 0.2) is 16.7 Å². The highest BCUT2D eigenvalue weighted by Crippen LogP contribution is 2.31. The predicted octanol–water partition coefficient (Wildman–Crippen LogP) is 5.49. The largest absolute Gasteiger partial charge is 0.497 e. The van der Waals surface area contributed by atoms with Gasteiger partial charge in [-0.2, -0.15) is 0 Å². The molecule has 0 N–H and O–H groups in total. The highest BCUT2D eigenvalue weighted by Gasteiger charge is 2.20. The number of hydrogen-bond donors (Lipinski definition) is 0. The van der Waals surface area contributed by atoms with Crippen molar-refractivity contribution in [2.24, 2.45) is 0 Å². The van der Waals surface area contributed by atoms with E-state index in [-0.39, 0.29) is 5.91 Å². The fourth-order valence-corrected chi connectivity index (χ4v) is 4.55. The number of carbonyl (C=O) groups is 1. The van der Waals surface area contributed by atoms with Crippen LogP contribution in [0.2, 0.25) is 0 Å². The first-order chi connectivity index (χ1) is 17.1. The lowest BCUT2D eigenvalue weighted by molar-refractivity contribution is 0.0749. The van der Waals surface area contributed by atoms with Crippen LogP contribution in [0.25, 0.3) is 17.1 Å². The Morgan fingerprint density at radius 1 is 1.06 bits per heavy atom. The van der Waals surface area contributed by atoms with Crippen molar-refractivity contribution >= 4 is 17.7 Å². The molecule has 0 saturated heterocycles. The molecule has 0 radical (unpaired) electrons. The van der Waals surface area contributed by atoms with Crippen LogP contribution in [-0.2, 0) is 5.75 Å². The number of aromatic nitrogens is 4. The van der Waals surface area contributed by atoms with Gasteiger partial charge in [-0.25, -0.2) is 4.98 Å². The molecule has 4 rings (SSSR count). The Hall–Kier alpha value is -3.59. The standard InChI is InChI=1S/C26H29N5O3S/c1-4-14-30(15-5-2)25(32)22-17-34-23(27-22)18-35-26-29-28-24(19-10-9-13-21(16-19)33-3)31(26)20-11-7-6-8-12-20/h6-13,16-17H,4-5,14-15,18H2,1-3H3. The molecule has 9 heteroatoms. The molecule has 0 bridgehead atoms. The Bertz CT molecular complexity index is 1250. The lowest BCUT2D eigenvalue weighted by Crippen LogP contribution is -2.32. The van der Waals surface area contributed by atoms with Crippen molar-refractivity contribution in [1.29, 1.82) is 0 Å². The number of nitrogens with zero attached hydrogens (tertiary/aromatic N) is 5. The van der Waals surface area contributed by atoms with Crippen LogP contribution in [0.4, 0.5) is 0 Å². The summed E-state index contributed by atoms with van der Waals surface area (Å²) in [6.45, 7) is 5.53. The maximum absolute atomic E-state index is 12.8. The quantitative estimate of drug-likeness (QED) is 0.257. The lowest BCUT2D eigenvalue weighted by Gasteiger charge is -2.19. The monoisotopic (exact) mass is 491 g/mol. The van der Waals surface area contributed by atoms with E-state index in [9.17, 15) is 4.79 Å². The molecular weight excluding hydrogens is 462 g/mol. The van der Waals surface area contributed by atoms with E-state index in [0.717, 1.165) is 29.8 Å². The van der Waals surface area contributed by atoms with Crippen molar-refractivity contribution in [3.05, 3.63) is 72.4 Å². The van der Waals surface area contributed by atoms with Crippen LogP contribution in [0.1, 0.15) is 43.1 Å². The summed E-state index contributed by atoms with van der Waals surface area (Å²) in [6.07, 6.45) is 3.24. The van der Waals surface area contributed by atoms with Gasteiger partial charge in [-0.15, -0.1) is 10.2 Å². The molecule has 8 nitrogen and oxygen atoms in total. The van der Waals surface area contributed by atoms with Crippen LogP contribution in [0.15, 0.2) is 70.4 Å². The molecule has 35 heavy (non-hydrogen) atoms. The van der Waals surface area contributed by atoms with Crippen molar-refractivity contribution in [3.63, 3.8) is 0 Å². The number of hydrogen-bond acceptors (Lipinski definition) is 7. The first-order valence-electron chi connectivity index (χ1n) is 11.7. The summed E-state index contributed by atoms with van der Waals surface area (Å²) < 4.78 is 13.0. The molecular formula is C26H29N5O3S. The van der Waals surface area contributed by atoms with Crippen LogP contribution in [0, 0.1) is 0 Å². The van der Waals surface area contributed by atoms with Gasteiger partial charge in [0.1, 0.15) is 12.0 Å². The second-order valence-corrected chi connectivity index (χ2v) is 8.86. The summed E-state index contributed by atoms with van der Waals surface area (Å²) in [5.41, 5.74) is 2.17. The molecule has 2 heterocycles. The molecule has 182 valence electrons. The van der Waals surface area contributed by atoms with Gasteiger partial charge in [-0.1, -0.05) is 55.9 Å². The Kier molecular flexibility index (Phi) is 8.20. The molecule has 2 aromatic carbocycles. The van der Waals surface area contributed by atoms with Crippen molar-refractivity contribution in [3.8, 4) is 22.8 Å². The fourth-order valence-electron chi connectivity index (χ4n) is 3.74. The van der Waals surface area contributed by atoms with Crippen LogP contribution in [0.5, 0.6) is 5.75 Å². The smallest absolute Gasteiger partial charge is 0.275 e. The van der Waals surface area contributed by atoms with Gasteiger partial charge in [0.2, 0.25) is 5.89 Å². The minimum atomic E-state index is -0.0959. The van der Waals surface area contributed by atoms with E-state index in [1.165, 1.54) is 18.0 Å². The normalized spacial score (nSPS) is 10.9. The third kappa shape index (κ3) is 5.74. The van der Waals surface area contributed by atoms with Crippen LogP contribution >= 0.6 is 11.8 Å². The van der Waals surface area contributed by atoms with Crippen molar-refractivity contribution in [1.82, 2.24) is 24.6 Å². The van der Waals surface area contributed by atoms with E-state index in [0.29, 0.717) is 41.4 Å². The van der Waals surface area contributed by atoms with Gasteiger partial charge in [0.25, 0.3) is 5.91 Å². The maximum Gasteiger partial charge on any atom is 0.275 e. The SMILES string of the molecule is CCCN(CCC)C(=O)c1coc(CSc2nnc(-c3cccc(OC)c3)n2-c2ccccc2)n1. The van der Waals surface area contributed by atoms with Crippen molar-refractivity contribution in [2.45, 2.75) is 37.6 Å². The zero-order valence-electron chi connectivity index (χ0n) is 20.2. The minimum Gasteiger partial charge on any atom is -0.497 e. The van der Waals surface area contributed by atoms with Gasteiger partial charge >= 0.3 is 0 Å². The van der Waals surface area contributed by atoms with Gasteiger partial charge in [-0.05, 0) is 37.1 Å². The van der Waals surface area contributed by atoms with E-state index in [1.807, 2.05) is 64.1 Å². The Morgan fingerprint density at radius 3 is 2.54 bits per heavy atom. The summed E-state index contributed by atoms with van der Waals surface area (Å²) in [5, 5.41) is 9.61. The molecule has 1 amide bonds. The van der Waals surface area contributed by atoms with Crippen molar-refractivity contribution in [2.75, 3.05) is 20.2 Å². The summed E-state index contributed by atoms with van der Waals surface area (Å²) in [5.74, 6) is 2.24. The second-order valence-electron chi connectivity index (χ2n) is 7.92. The Labute approximate surface area is 209 Å². The lowest BCUT2D eigenvalue weighted by atomic mass is 10.2. The summed E-state index contributed by atoms with van der Waals surface area (Å²) in [4.78, 5) is 19.1. The third-order valence-corrected chi connectivity index (χ3v) is 6.26. The zero-order valence-corrected chi connectivity index (χ0v) is 21.0. The molecule has 0 aliphatic rings. The Balaban J connectivity index is 1.58. The van der Waals surface area contributed by atoms with Crippen LogP contribution < -0.4 is 4.74 Å². The summed E-state index contributed by atoms with van der Waals surface area (Å²) in [7, 11) is 1.64. The van der Waals surface area contributed by atoms with Crippen LogP contribution in [-0.4, -0.2) is 50.8 Å². The molecule has 0 unspecified atom stereocenters. The number of amides is 1. The average molecular weight is 492 g/mol. The van der Waals surface area contributed by atoms with E-state index >= 15 is 0 Å². The molecule has 2 aromatic heterocycles. The number of carbonyl (C=O) groups excluding carboxylic acids is 1. The average Bonchev–Trinajstić information content (AvgIpc) is 3.55. The van der Waals surface area contributed by atoms with E-state index < -0.39 is 0 Å². The number of benzene rings is 2. The first-order valence-corrected chi connectivity index (χ1v) is 12.6. The number of oxazole rings is 1. The minimum absolute atomic E-state index is 0.0959. The van der Waals surface area contributed by atoms with Crippen molar-refractivity contribution < 1.29 is 13.9 Å². The zero-order chi connectivity index (χ0) is 24.6. The van der Waals surface area contributed by atoms with Crippen LogP contribution in [0.3, 0.4) is 0 Å². The number of para-hydroxylation sites is 1. The van der Waals surface area contributed by atoms with E-state index in [1.54, 1.807) is 7.11 Å². The maximum atomic E-state index is 12.8. The predicted molar refractivity (Wildman–Crippen MR) is 136 cm³/mol. The molecule has 0 aliphatic heterocycles.